The molecule has 1 aromatic carbocycles. The third-order valence-electron chi connectivity index (χ3n) is 5.41. The fourth-order valence-electron chi connectivity index (χ4n) is 3.91. The van der Waals surface area contributed by atoms with Gasteiger partial charge in [0.2, 0.25) is 5.89 Å². The highest BCUT2D eigenvalue weighted by molar-refractivity contribution is 5.85. The lowest BCUT2D eigenvalue weighted by Crippen LogP contribution is -2.61. The summed E-state index contributed by atoms with van der Waals surface area (Å²) in [5, 5.41) is 14.7. The van der Waals surface area contributed by atoms with Gasteiger partial charge < -0.3 is 19.3 Å². The SMILES string of the molecule is Cc1noc(/C=C/Cc2ccc(OCC3(O)CN4CCC3CC4)cc2)n1.Cl. The Morgan fingerprint density at radius 1 is 1.30 bits per heavy atom. The van der Waals surface area contributed by atoms with E-state index in [0.717, 1.165) is 44.6 Å². The lowest BCUT2D eigenvalue weighted by Gasteiger charge is -2.50. The standard InChI is InChI=1S/C20H25N3O3.ClH/c1-15-21-19(26-22-15)4-2-3-16-5-7-18(8-6-16)25-14-20(24)13-23-11-9-17(20)10-12-23;/h2,4-8,17,24H,3,9-14H2,1H3;1H/b4-2+;. The predicted octanol–water partition coefficient (Wildman–Crippen LogP) is 2.89. The zero-order valence-corrected chi connectivity index (χ0v) is 16.3. The van der Waals surface area contributed by atoms with Crippen molar-refractivity contribution in [3.05, 3.63) is 47.6 Å². The third-order valence-corrected chi connectivity index (χ3v) is 5.41. The number of allylic oxidation sites excluding steroid dienone is 1. The first kappa shape index (κ1) is 19.9. The summed E-state index contributed by atoms with van der Waals surface area (Å²) in [4.78, 5) is 6.47. The number of aryl methyl sites for hydroxylation is 1. The van der Waals surface area contributed by atoms with Crippen LogP contribution in [0.5, 0.6) is 5.75 Å². The molecule has 1 aromatic heterocycles. The van der Waals surface area contributed by atoms with Crippen LogP contribution in [0.3, 0.4) is 0 Å². The molecule has 3 fully saturated rings. The molecule has 6 nitrogen and oxygen atoms in total. The average Bonchev–Trinajstić information content (AvgIpc) is 3.07. The third kappa shape index (κ3) is 4.69. The topological polar surface area (TPSA) is 71.6 Å². The maximum absolute atomic E-state index is 10.9. The van der Waals surface area contributed by atoms with Gasteiger partial charge >= 0.3 is 0 Å². The minimum atomic E-state index is -0.708. The van der Waals surface area contributed by atoms with Gasteiger partial charge in [0.25, 0.3) is 0 Å². The Morgan fingerprint density at radius 2 is 2.04 bits per heavy atom. The quantitative estimate of drug-likeness (QED) is 0.816. The number of benzene rings is 1. The first-order valence-electron chi connectivity index (χ1n) is 9.24. The number of ether oxygens (including phenoxy) is 1. The van der Waals surface area contributed by atoms with Gasteiger partial charge in [0, 0.05) is 6.54 Å². The second-order valence-corrected chi connectivity index (χ2v) is 7.37. The van der Waals surface area contributed by atoms with E-state index in [-0.39, 0.29) is 12.4 Å². The first-order chi connectivity index (χ1) is 12.6. The minimum Gasteiger partial charge on any atom is -0.491 e. The summed E-state index contributed by atoms with van der Waals surface area (Å²) < 4.78 is 11.0. The molecule has 0 amide bonds. The summed E-state index contributed by atoms with van der Waals surface area (Å²) in [6, 6.07) is 8.01. The van der Waals surface area contributed by atoms with Gasteiger partial charge in [-0.25, -0.2) is 0 Å². The van der Waals surface area contributed by atoms with Crippen molar-refractivity contribution in [2.45, 2.75) is 31.8 Å². The number of piperidine rings is 3. The molecule has 1 atom stereocenters. The molecule has 3 aliphatic heterocycles. The second kappa shape index (κ2) is 8.42. The molecule has 0 saturated carbocycles. The molecule has 2 aromatic rings. The number of halogens is 1. The molecule has 0 aliphatic carbocycles. The smallest absolute Gasteiger partial charge is 0.250 e. The van der Waals surface area contributed by atoms with Gasteiger partial charge in [-0.05, 0) is 69.0 Å². The highest BCUT2D eigenvalue weighted by atomic mass is 35.5. The highest BCUT2D eigenvalue weighted by Gasteiger charge is 2.45. The van der Waals surface area contributed by atoms with Crippen LogP contribution in [0.15, 0.2) is 34.9 Å². The monoisotopic (exact) mass is 391 g/mol. The molecule has 0 spiro atoms. The summed E-state index contributed by atoms with van der Waals surface area (Å²) >= 11 is 0. The molecule has 4 heterocycles. The van der Waals surface area contributed by atoms with Crippen molar-refractivity contribution < 1.29 is 14.4 Å². The van der Waals surface area contributed by atoms with Crippen LogP contribution in [0.4, 0.5) is 0 Å². The molecule has 1 N–H and O–H groups in total. The Hall–Kier alpha value is -1.89. The van der Waals surface area contributed by atoms with Gasteiger partial charge in [-0.15, -0.1) is 12.4 Å². The largest absolute Gasteiger partial charge is 0.491 e. The van der Waals surface area contributed by atoms with E-state index < -0.39 is 5.60 Å². The molecule has 7 heteroatoms. The van der Waals surface area contributed by atoms with Crippen molar-refractivity contribution in [3.63, 3.8) is 0 Å². The van der Waals surface area contributed by atoms with Gasteiger partial charge in [-0.3, -0.25) is 0 Å². The number of aliphatic hydroxyl groups is 1. The molecular formula is C20H26ClN3O3. The fraction of sp³-hybridized carbons (Fsp3) is 0.500. The average molecular weight is 392 g/mol. The Kier molecular flexibility index (Phi) is 6.19. The van der Waals surface area contributed by atoms with Gasteiger partial charge in [-0.2, -0.15) is 4.98 Å². The van der Waals surface area contributed by atoms with E-state index in [2.05, 4.69) is 15.0 Å². The maximum Gasteiger partial charge on any atom is 0.250 e. The summed E-state index contributed by atoms with van der Waals surface area (Å²) in [5.41, 5.74) is 0.464. The number of nitrogens with zero attached hydrogens (tertiary/aromatic N) is 3. The summed E-state index contributed by atoms with van der Waals surface area (Å²) in [6.07, 6.45) is 6.75. The minimum absolute atomic E-state index is 0. The maximum atomic E-state index is 10.9. The predicted molar refractivity (Wildman–Crippen MR) is 105 cm³/mol. The van der Waals surface area contributed by atoms with E-state index in [1.54, 1.807) is 6.92 Å². The normalized spacial score (nSPS) is 26.9. The van der Waals surface area contributed by atoms with Crippen LogP contribution in [0.1, 0.15) is 30.1 Å². The summed E-state index contributed by atoms with van der Waals surface area (Å²) in [6.45, 7) is 5.11. The van der Waals surface area contributed by atoms with Crippen molar-refractivity contribution in [1.82, 2.24) is 15.0 Å². The van der Waals surface area contributed by atoms with Crippen LogP contribution in [0, 0.1) is 12.8 Å². The Labute approximate surface area is 165 Å². The van der Waals surface area contributed by atoms with Gasteiger partial charge in [-0.1, -0.05) is 23.4 Å². The Bertz CT molecular complexity index is 769. The van der Waals surface area contributed by atoms with Crippen molar-refractivity contribution in [1.29, 1.82) is 0 Å². The van der Waals surface area contributed by atoms with E-state index in [0.29, 0.717) is 24.2 Å². The van der Waals surface area contributed by atoms with E-state index in [9.17, 15) is 5.11 Å². The van der Waals surface area contributed by atoms with Crippen molar-refractivity contribution in [2.24, 2.45) is 5.92 Å². The molecule has 3 aliphatic rings. The van der Waals surface area contributed by atoms with Crippen LogP contribution in [0.2, 0.25) is 0 Å². The van der Waals surface area contributed by atoms with Crippen molar-refractivity contribution >= 4 is 18.5 Å². The van der Waals surface area contributed by atoms with Crippen molar-refractivity contribution in [3.8, 4) is 5.75 Å². The molecule has 2 bridgehead atoms. The van der Waals surface area contributed by atoms with Crippen LogP contribution < -0.4 is 4.74 Å². The van der Waals surface area contributed by atoms with Crippen LogP contribution >= 0.6 is 12.4 Å². The molecule has 5 rings (SSSR count). The Balaban J connectivity index is 0.00000210. The molecular weight excluding hydrogens is 366 g/mol. The number of aromatic nitrogens is 2. The molecule has 0 radical (unpaired) electrons. The lowest BCUT2D eigenvalue weighted by atomic mass is 9.76. The molecule has 1 unspecified atom stereocenters. The molecule has 3 saturated heterocycles. The van der Waals surface area contributed by atoms with Gasteiger partial charge in [0.05, 0.1) is 0 Å². The van der Waals surface area contributed by atoms with Crippen LogP contribution in [-0.4, -0.2) is 52.0 Å². The van der Waals surface area contributed by atoms with Crippen LogP contribution in [0.25, 0.3) is 6.08 Å². The number of rotatable bonds is 6. The van der Waals surface area contributed by atoms with E-state index in [1.807, 2.05) is 36.4 Å². The number of fused-ring (bicyclic) bond motifs is 3. The van der Waals surface area contributed by atoms with Gasteiger partial charge in [0.15, 0.2) is 5.82 Å². The van der Waals surface area contributed by atoms with E-state index >= 15 is 0 Å². The molecule has 27 heavy (non-hydrogen) atoms. The number of hydrogen-bond acceptors (Lipinski definition) is 6. The highest BCUT2D eigenvalue weighted by Crippen LogP contribution is 2.36. The zero-order valence-electron chi connectivity index (χ0n) is 15.5. The summed E-state index contributed by atoms with van der Waals surface area (Å²) in [7, 11) is 0. The van der Waals surface area contributed by atoms with E-state index in [4.69, 9.17) is 9.26 Å². The first-order valence-corrected chi connectivity index (χ1v) is 9.24. The number of hydrogen-bond donors (Lipinski definition) is 1. The van der Waals surface area contributed by atoms with E-state index in [1.165, 1.54) is 5.56 Å². The van der Waals surface area contributed by atoms with Gasteiger partial charge in [0.1, 0.15) is 18.0 Å². The lowest BCUT2D eigenvalue weighted by molar-refractivity contribution is -0.131. The second-order valence-electron chi connectivity index (χ2n) is 7.37. The zero-order chi connectivity index (χ0) is 18.0. The van der Waals surface area contributed by atoms with Crippen molar-refractivity contribution in [2.75, 3.05) is 26.2 Å². The molecule has 146 valence electrons. The van der Waals surface area contributed by atoms with Crippen LogP contribution in [-0.2, 0) is 6.42 Å². The Morgan fingerprint density at radius 3 is 2.63 bits per heavy atom. The summed E-state index contributed by atoms with van der Waals surface area (Å²) in [5.74, 6) is 2.32. The fourth-order valence-corrected chi connectivity index (χ4v) is 3.91.